The van der Waals surface area contributed by atoms with E-state index in [1.54, 1.807) is 26.2 Å². The van der Waals surface area contributed by atoms with Gasteiger partial charge in [-0.1, -0.05) is 73.1 Å². The first kappa shape index (κ1) is 44.4. The molecule has 0 saturated carbocycles. The lowest BCUT2D eigenvalue weighted by Gasteiger charge is -2.43. The molecule has 4 N–H and O–H groups in total. The summed E-state index contributed by atoms with van der Waals surface area (Å²) in [5, 5.41) is 0. The van der Waals surface area contributed by atoms with E-state index in [0.717, 1.165) is 24.8 Å². The second-order valence-corrected chi connectivity index (χ2v) is 15.8. The highest BCUT2D eigenvalue weighted by Crippen LogP contribution is 2.31. The summed E-state index contributed by atoms with van der Waals surface area (Å²) in [5.74, 6) is -0.626. The smallest absolute Gasteiger partial charge is 0.227 e. The lowest BCUT2D eigenvalue weighted by molar-refractivity contribution is -0.150. The molecule has 1 heterocycles. The van der Waals surface area contributed by atoms with Gasteiger partial charge < -0.3 is 40.5 Å². The maximum absolute atomic E-state index is 14.4. The Morgan fingerprint density at radius 2 is 1.55 bits per heavy atom. The Morgan fingerprint density at radius 1 is 0.922 bits per heavy atom. The van der Waals surface area contributed by atoms with Crippen molar-refractivity contribution in [3.63, 3.8) is 0 Å². The van der Waals surface area contributed by atoms with E-state index in [0.29, 0.717) is 25.2 Å². The predicted molar refractivity (Wildman–Crippen MR) is 207 cm³/mol. The van der Waals surface area contributed by atoms with Crippen molar-refractivity contribution in [3.8, 4) is 0 Å². The van der Waals surface area contributed by atoms with Crippen LogP contribution in [0.4, 0.5) is 5.69 Å². The van der Waals surface area contributed by atoms with Crippen molar-refractivity contribution in [2.45, 2.75) is 117 Å². The van der Waals surface area contributed by atoms with Crippen molar-refractivity contribution in [1.29, 1.82) is 0 Å². The van der Waals surface area contributed by atoms with Gasteiger partial charge in [0.2, 0.25) is 17.7 Å². The van der Waals surface area contributed by atoms with Gasteiger partial charge in [-0.3, -0.25) is 14.4 Å². The minimum atomic E-state index is -0.530. The molecule has 292 valence electrons. The number of benzene rings is 1. The van der Waals surface area contributed by atoms with Gasteiger partial charge in [0.25, 0.3) is 0 Å². The van der Waals surface area contributed by atoms with Crippen LogP contribution in [0.1, 0.15) is 79.7 Å². The van der Waals surface area contributed by atoms with E-state index in [1.165, 1.54) is 0 Å². The van der Waals surface area contributed by atoms with Gasteiger partial charge in [0.15, 0.2) is 0 Å². The van der Waals surface area contributed by atoms with E-state index in [-0.39, 0.29) is 66.1 Å². The molecule has 0 spiro atoms. The Kier molecular flexibility index (Phi) is 17.9. The van der Waals surface area contributed by atoms with Crippen LogP contribution in [-0.2, 0) is 30.3 Å². The Balaban J connectivity index is 2.27. The van der Waals surface area contributed by atoms with Crippen LogP contribution in [0.25, 0.3) is 0 Å². The standard InChI is InChI=1S/C40H72N6O5/c1-14-27(6)37(45(11)40(49)34(25(2)3)35(42)36(26(4)5)43(8)9)32(50-12)24-33(47)46-22-17-20-31(46)38(51-13)28(7)39(48)44(10)23-21-29-18-15-16-19-30(29)41/h15-16,18-19,25-28,31-32,34-38H,14,17,20-24,41-42H2,1-13H3/t27-,28+,31-,32+,34-,35?,36-,37-,38+/m0/s1. The average molecular weight is 717 g/mol. The third-order valence-corrected chi connectivity index (χ3v) is 11.5. The maximum Gasteiger partial charge on any atom is 0.227 e. The van der Waals surface area contributed by atoms with E-state index in [1.807, 2.05) is 62.1 Å². The highest BCUT2D eigenvalue weighted by atomic mass is 16.5. The fourth-order valence-electron chi connectivity index (χ4n) is 8.53. The molecular formula is C40H72N6O5. The molecular weight excluding hydrogens is 644 g/mol. The molecule has 1 aliphatic heterocycles. The molecule has 0 radical (unpaired) electrons. The van der Waals surface area contributed by atoms with Crippen LogP contribution < -0.4 is 11.5 Å². The van der Waals surface area contributed by atoms with E-state index >= 15 is 0 Å². The van der Waals surface area contributed by atoms with Crippen molar-refractivity contribution < 1.29 is 23.9 Å². The van der Waals surface area contributed by atoms with Gasteiger partial charge in [0, 0.05) is 59.2 Å². The monoisotopic (exact) mass is 717 g/mol. The van der Waals surface area contributed by atoms with Crippen molar-refractivity contribution in [2.24, 2.45) is 35.3 Å². The first-order valence-electron chi connectivity index (χ1n) is 19.1. The molecule has 11 heteroatoms. The first-order chi connectivity index (χ1) is 23.9. The molecule has 1 aromatic carbocycles. The van der Waals surface area contributed by atoms with Crippen molar-refractivity contribution in [1.82, 2.24) is 19.6 Å². The van der Waals surface area contributed by atoms with Gasteiger partial charge >= 0.3 is 0 Å². The number of anilines is 1. The number of rotatable bonds is 20. The van der Waals surface area contributed by atoms with E-state index in [9.17, 15) is 14.4 Å². The van der Waals surface area contributed by atoms with Crippen molar-refractivity contribution in [3.05, 3.63) is 29.8 Å². The summed E-state index contributed by atoms with van der Waals surface area (Å²) in [5.41, 5.74) is 14.8. The topological polar surface area (TPSA) is 135 Å². The summed E-state index contributed by atoms with van der Waals surface area (Å²) in [7, 11) is 10.9. The van der Waals surface area contributed by atoms with Gasteiger partial charge in [0.1, 0.15) is 0 Å². The number of nitrogens with zero attached hydrogens (tertiary/aromatic N) is 4. The molecule has 1 saturated heterocycles. The number of ether oxygens (including phenoxy) is 2. The van der Waals surface area contributed by atoms with Gasteiger partial charge in [-0.25, -0.2) is 0 Å². The average Bonchev–Trinajstić information content (AvgIpc) is 3.56. The summed E-state index contributed by atoms with van der Waals surface area (Å²) in [6, 6.07) is 6.76. The number of amides is 3. The molecule has 0 bridgehead atoms. The zero-order valence-corrected chi connectivity index (χ0v) is 34.1. The number of hydrogen-bond donors (Lipinski definition) is 2. The molecule has 1 fully saturated rings. The summed E-state index contributed by atoms with van der Waals surface area (Å²) in [6.07, 6.45) is 2.14. The fraction of sp³-hybridized carbons (Fsp3) is 0.775. The van der Waals surface area contributed by atoms with Crippen LogP contribution in [0.3, 0.4) is 0 Å². The Hall–Kier alpha value is -2.73. The molecule has 51 heavy (non-hydrogen) atoms. The predicted octanol–water partition coefficient (Wildman–Crippen LogP) is 4.38. The van der Waals surface area contributed by atoms with Gasteiger partial charge in [-0.15, -0.1) is 0 Å². The molecule has 9 atom stereocenters. The molecule has 0 aromatic heterocycles. The third kappa shape index (κ3) is 11.1. The largest absolute Gasteiger partial charge is 0.399 e. The number of likely N-dealkylation sites (tertiary alicyclic amines) is 1. The second-order valence-electron chi connectivity index (χ2n) is 15.8. The molecule has 2 rings (SSSR count). The highest BCUT2D eigenvalue weighted by Gasteiger charge is 2.44. The lowest BCUT2D eigenvalue weighted by atomic mass is 9.79. The van der Waals surface area contributed by atoms with Crippen LogP contribution in [-0.4, -0.2) is 129 Å². The van der Waals surface area contributed by atoms with Crippen LogP contribution >= 0.6 is 0 Å². The third-order valence-electron chi connectivity index (χ3n) is 11.5. The molecule has 1 aliphatic rings. The number of likely N-dealkylation sites (N-methyl/N-ethyl adjacent to an activating group) is 3. The van der Waals surface area contributed by atoms with E-state index < -0.39 is 24.0 Å². The van der Waals surface area contributed by atoms with Gasteiger partial charge in [-0.2, -0.15) is 0 Å². The summed E-state index contributed by atoms with van der Waals surface area (Å²) in [4.78, 5) is 49.8. The summed E-state index contributed by atoms with van der Waals surface area (Å²) in [6.45, 7) is 15.6. The zero-order valence-electron chi connectivity index (χ0n) is 34.1. The normalized spacial score (nSPS) is 19.8. The lowest BCUT2D eigenvalue weighted by Crippen LogP contribution is -2.59. The van der Waals surface area contributed by atoms with E-state index in [4.69, 9.17) is 20.9 Å². The second kappa shape index (κ2) is 20.5. The van der Waals surface area contributed by atoms with Crippen LogP contribution in [0, 0.1) is 29.6 Å². The number of methoxy groups -OCH3 is 2. The number of nitrogen functional groups attached to an aromatic ring is 1. The summed E-state index contributed by atoms with van der Waals surface area (Å²) >= 11 is 0. The maximum atomic E-state index is 14.4. The molecule has 0 aliphatic carbocycles. The SMILES string of the molecule is CC[C@H](C)[C@@H]([C@@H](CC(=O)N1CCC[C@H]1[C@H](OC)[C@@H](C)C(=O)N(C)CCc1ccccc1N)OC)N(C)C(=O)[C@@H](C(C)C)C(N)[C@H](C(C)C)N(C)C. The molecule has 3 amide bonds. The van der Waals surface area contributed by atoms with Gasteiger partial charge in [0.05, 0.1) is 42.5 Å². The zero-order chi connectivity index (χ0) is 38.7. The Bertz CT molecular complexity index is 1240. The van der Waals surface area contributed by atoms with Crippen molar-refractivity contribution >= 4 is 23.4 Å². The molecule has 1 unspecified atom stereocenters. The number of carbonyl (C=O) groups is 3. The highest BCUT2D eigenvalue weighted by molar-refractivity contribution is 5.81. The molecule has 1 aromatic rings. The number of nitrogens with two attached hydrogens (primary N) is 2. The van der Waals surface area contributed by atoms with Crippen LogP contribution in [0.5, 0.6) is 0 Å². The Labute approximate surface area is 309 Å². The fourth-order valence-corrected chi connectivity index (χ4v) is 8.53. The van der Waals surface area contributed by atoms with Crippen LogP contribution in [0.15, 0.2) is 24.3 Å². The van der Waals surface area contributed by atoms with Crippen molar-refractivity contribution in [2.75, 3.05) is 61.2 Å². The van der Waals surface area contributed by atoms with Gasteiger partial charge in [-0.05, 0) is 62.7 Å². The minimum Gasteiger partial charge on any atom is -0.399 e. The number of hydrogen-bond acceptors (Lipinski definition) is 8. The summed E-state index contributed by atoms with van der Waals surface area (Å²) < 4.78 is 12.1. The Morgan fingerprint density at radius 3 is 2.06 bits per heavy atom. The number of carbonyl (C=O) groups excluding carboxylic acids is 3. The van der Waals surface area contributed by atoms with E-state index in [2.05, 4.69) is 46.4 Å². The molecule has 11 nitrogen and oxygen atoms in total. The first-order valence-corrected chi connectivity index (χ1v) is 19.1. The number of para-hydroxylation sites is 1. The van der Waals surface area contributed by atoms with Crippen LogP contribution in [0.2, 0.25) is 0 Å². The minimum absolute atomic E-state index is 0.0188. The quantitative estimate of drug-likeness (QED) is 0.190.